The van der Waals surface area contributed by atoms with E-state index in [9.17, 15) is 13.2 Å². The minimum Gasteiger partial charge on any atom is -0.348 e. The number of hydrogen-bond donors (Lipinski definition) is 1. The summed E-state index contributed by atoms with van der Waals surface area (Å²) < 4.78 is 38.7. The van der Waals surface area contributed by atoms with Crippen LogP contribution in [0.2, 0.25) is 0 Å². The average molecular weight is 381 g/mol. The molecule has 0 aliphatic carbocycles. The van der Waals surface area contributed by atoms with Crippen molar-refractivity contribution in [2.24, 2.45) is 0 Å². The Kier molecular flexibility index (Phi) is 4.26. The molecule has 0 fully saturated rings. The molecule has 1 N–H and O–H groups in total. The molecule has 0 saturated heterocycles. The predicted octanol–water partition coefficient (Wildman–Crippen LogP) is 5.45. The summed E-state index contributed by atoms with van der Waals surface area (Å²) in [7, 11) is 0. The van der Waals surface area contributed by atoms with Gasteiger partial charge in [-0.15, -0.1) is 0 Å². The second-order valence-electron chi connectivity index (χ2n) is 5.11. The van der Waals surface area contributed by atoms with Gasteiger partial charge in [-0.2, -0.15) is 13.2 Å². The molecule has 0 amide bonds. The molecule has 0 aliphatic rings. The molecule has 1 aromatic heterocycles. The number of benzene rings is 2. The monoisotopic (exact) mass is 380 g/mol. The van der Waals surface area contributed by atoms with Crippen LogP contribution in [0.1, 0.15) is 17.0 Å². The molecule has 2 nitrogen and oxygen atoms in total. The van der Waals surface area contributed by atoms with Crippen molar-refractivity contribution in [3.63, 3.8) is 0 Å². The normalized spacial score (nSPS) is 11.7. The smallest absolute Gasteiger partial charge is 0.348 e. The Labute approximate surface area is 139 Å². The summed E-state index contributed by atoms with van der Waals surface area (Å²) in [5.74, 6) is 0.766. The van der Waals surface area contributed by atoms with Crippen molar-refractivity contribution in [3.8, 4) is 11.3 Å². The number of alkyl halides is 3. The van der Waals surface area contributed by atoms with Crippen LogP contribution in [-0.4, -0.2) is 9.97 Å². The summed E-state index contributed by atoms with van der Waals surface area (Å²) in [5, 5.41) is 0. The first-order valence-electron chi connectivity index (χ1n) is 6.88. The van der Waals surface area contributed by atoms with Gasteiger partial charge in [0.05, 0.1) is 11.3 Å². The molecule has 2 aromatic carbocycles. The first kappa shape index (κ1) is 15.8. The standard InChI is InChI=1S/C17H12BrF3N2/c18-14-7-1-11(2-8-14)9-16-22-10-15(23-16)12-3-5-13(6-4-12)17(19,20)21/h1-8,10H,9H2,(H,22,23). The number of aromatic amines is 1. The molecular weight excluding hydrogens is 369 g/mol. The van der Waals surface area contributed by atoms with Gasteiger partial charge in [-0.25, -0.2) is 4.98 Å². The van der Waals surface area contributed by atoms with Crippen molar-refractivity contribution in [3.05, 3.63) is 76.2 Å². The highest BCUT2D eigenvalue weighted by Gasteiger charge is 2.30. The van der Waals surface area contributed by atoms with E-state index in [2.05, 4.69) is 25.9 Å². The largest absolute Gasteiger partial charge is 0.416 e. The second kappa shape index (κ2) is 6.20. The van der Waals surface area contributed by atoms with Crippen molar-refractivity contribution < 1.29 is 13.2 Å². The van der Waals surface area contributed by atoms with Crippen LogP contribution in [0.3, 0.4) is 0 Å². The summed E-state index contributed by atoms with van der Waals surface area (Å²) in [4.78, 5) is 7.51. The van der Waals surface area contributed by atoms with E-state index in [4.69, 9.17) is 0 Å². The Morgan fingerprint density at radius 2 is 1.61 bits per heavy atom. The third kappa shape index (κ3) is 3.82. The summed E-state index contributed by atoms with van der Waals surface area (Å²) in [6.07, 6.45) is -1.98. The maximum atomic E-state index is 12.6. The third-order valence-electron chi connectivity index (χ3n) is 3.42. The maximum Gasteiger partial charge on any atom is 0.416 e. The van der Waals surface area contributed by atoms with Crippen molar-refractivity contribution in [2.75, 3.05) is 0 Å². The van der Waals surface area contributed by atoms with Crippen LogP contribution in [0.5, 0.6) is 0 Å². The number of halogens is 4. The van der Waals surface area contributed by atoms with E-state index in [1.54, 1.807) is 6.20 Å². The molecule has 0 unspecified atom stereocenters. The Hall–Kier alpha value is -2.08. The quantitative estimate of drug-likeness (QED) is 0.642. The molecule has 23 heavy (non-hydrogen) atoms. The maximum absolute atomic E-state index is 12.6. The van der Waals surface area contributed by atoms with Gasteiger partial charge in [0.25, 0.3) is 0 Å². The number of hydrogen-bond acceptors (Lipinski definition) is 1. The fourth-order valence-corrected chi connectivity index (χ4v) is 2.49. The van der Waals surface area contributed by atoms with Crippen LogP contribution in [0.15, 0.2) is 59.2 Å². The molecule has 1 heterocycles. The number of rotatable bonds is 3. The minimum atomic E-state index is -4.32. The zero-order chi connectivity index (χ0) is 16.4. The van der Waals surface area contributed by atoms with Crippen molar-refractivity contribution in [1.29, 1.82) is 0 Å². The van der Waals surface area contributed by atoms with Crippen LogP contribution in [-0.2, 0) is 12.6 Å². The van der Waals surface area contributed by atoms with Crippen LogP contribution in [0.4, 0.5) is 13.2 Å². The molecule has 3 aromatic rings. The lowest BCUT2D eigenvalue weighted by atomic mass is 10.1. The molecule has 0 aliphatic heterocycles. The summed E-state index contributed by atoms with van der Waals surface area (Å²) in [6, 6.07) is 12.9. The predicted molar refractivity (Wildman–Crippen MR) is 86.0 cm³/mol. The lowest BCUT2D eigenvalue weighted by Gasteiger charge is -2.06. The summed E-state index contributed by atoms with van der Waals surface area (Å²) in [5.41, 5.74) is 1.72. The van der Waals surface area contributed by atoms with Gasteiger partial charge in [-0.3, -0.25) is 0 Å². The minimum absolute atomic E-state index is 0.630. The van der Waals surface area contributed by atoms with E-state index in [0.717, 1.165) is 28.0 Å². The van der Waals surface area contributed by atoms with Crippen LogP contribution in [0.25, 0.3) is 11.3 Å². The Bertz CT molecular complexity index is 790. The van der Waals surface area contributed by atoms with Gasteiger partial charge in [-0.05, 0) is 29.8 Å². The average Bonchev–Trinajstić information content (AvgIpc) is 2.97. The van der Waals surface area contributed by atoms with E-state index in [1.165, 1.54) is 12.1 Å². The van der Waals surface area contributed by atoms with Crippen LogP contribution >= 0.6 is 15.9 Å². The molecule has 3 rings (SSSR count). The molecule has 0 atom stereocenters. The first-order valence-corrected chi connectivity index (χ1v) is 7.67. The van der Waals surface area contributed by atoms with Crippen LogP contribution < -0.4 is 0 Å². The van der Waals surface area contributed by atoms with Gasteiger partial charge >= 0.3 is 6.18 Å². The fraction of sp³-hybridized carbons (Fsp3) is 0.118. The SMILES string of the molecule is FC(F)(F)c1ccc(-c2c[nH]c(Cc3ccc(Br)cc3)n2)cc1. The molecule has 0 radical (unpaired) electrons. The van der Waals surface area contributed by atoms with Gasteiger partial charge in [0.15, 0.2) is 0 Å². The molecule has 0 spiro atoms. The molecular formula is C17H12BrF3N2. The number of imidazole rings is 1. The second-order valence-corrected chi connectivity index (χ2v) is 6.03. The Morgan fingerprint density at radius 3 is 2.22 bits per heavy atom. The topological polar surface area (TPSA) is 28.7 Å². The Balaban J connectivity index is 1.77. The van der Waals surface area contributed by atoms with E-state index in [-0.39, 0.29) is 0 Å². The van der Waals surface area contributed by atoms with E-state index in [0.29, 0.717) is 17.7 Å². The molecule has 0 bridgehead atoms. The number of nitrogens with one attached hydrogen (secondary N) is 1. The van der Waals surface area contributed by atoms with Gasteiger partial charge in [0.1, 0.15) is 5.82 Å². The summed E-state index contributed by atoms with van der Waals surface area (Å²) in [6.45, 7) is 0. The van der Waals surface area contributed by atoms with E-state index in [1.807, 2.05) is 24.3 Å². The number of nitrogens with zero attached hydrogens (tertiary/aromatic N) is 1. The van der Waals surface area contributed by atoms with Gasteiger partial charge in [0.2, 0.25) is 0 Å². The zero-order valence-corrected chi connectivity index (χ0v) is 13.4. The highest BCUT2D eigenvalue weighted by Crippen LogP contribution is 2.30. The van der Waals surface area contributed by atoms with Gasteiger partial charge < -0.3 is 4.98 Å². The highest BCUT2D eigenvalue weighted by molar-refractivity contribution is 9.10. The molecule has 118 valence electrons. The van der Waals surface area contributed by atoms with Gasteiger partial charge in [0, 0.05) is 22.7 Å². The molecule has 0 saturated carbocycles. The Morgan fingerprint density at radius 1 is 0.957 bits per heavy atom. The fourth-order valence-electron chi connectivity index (χ4n) is 2.23. The van der Waals surface area contributed by atoms with Crippen LogP contribution in [0, 0.1) is 0 Å². The van der Waals surface area contributed by atoms with Gasteiger partial charge in [-0.1, -0.05) is 40.2 Å². The third-order valence-corrected chi connectivity index (χ3v) is 3.95. The van der Waals surface area contributed by atoms with Crippen molar-refractivity contribution in [1.82, 2.24) is 9.97 Å². The lowest BCUT2D eigenvalue weighted by molar-refractivity contribution is -0.137. The highest BCUT2D eigenvalue weighted by atomic mass is 79.9. The van der Waals surface area contributed by atoms with Crippen molar-refractivity contribution >= 4 is 15.9 Å². The zero-order valence-electron chi connectivity index (χ0n) is 11.9. The lowest BCUT2D eigenvalue weighted by Crippen LogP contribution is -2.03. The van der Waals surface area contributed by atoms with E-state index >= 15 is 0 Å². The molecule has 6 heteroatoms. The van der Waals surface area contributed by atoms with Crippen molar-refractivity contribution in [2.45, 2.75) is 12.6 Å². The number of H-pyrrole nitrogens is 1. The van der Waals surface area contributed by atoms with E-state index < -0.39 is 11.7 Å². The summed E-state index contributed by atoms with van der Waals surface area (Å²) >= 11 is 3.38. The first-order chi connectivity index (χ1) is 10.9. The number of aromatic nitrogens is 2.